The maximum atomic E-state index is 11.4. The number of nitrogens with two attached hydrogens (primary N) is 1. The number of aromatic nitrogens is 2. The van der Waals surface area contributed by atoms with Gasteiger partial charge >= 0.3 is 0 Å². The Morgan fingerprint density at radius 1 is 1.35 bits per heavy atom. The summed E-state index contributed by atoms with van der Waals surface area (Å²) in [4.78, 5) is 4.38. The molecule has 1 aliphatic rings. The van der Waals surface area contributed by atoms with Gasteiger partial charge in [-0.1, -0.05) is 0 Å². The number of nitrogen functional groups attached to an aromatic ring is 1. The normalized spacial score (nSPS) is 25.2. The van der Waals surface area contributed by atoms with Crippen molar-refractivity contribution in [3.05, 3.63) is 24.5 Å². The predicted molar refractivity (Wildman–Crippen MR) is 70.3 cm³/mol. The van der Waals surface area contributed by atoms with E-state index in [-0.39, 0.29) is 0 Å². The molecule has 0 amide bonds. The third-order valence-corrected chi connectivity index (χ3v) is 4.73. The first-order valence-corrected chi connectivity index (χ1v) is 7.30. The largest absolute Gasteiger partial charge is 0.399 e. The number of fused-ring (bicyclic) bond motifs is 1. The smallest absolute Gasteiger partial charge is 0.0960 e. The van der Waals surface area contributed by atoms with Gasteiger partial charge in [0.25, 0.3) is 0 Å². The van der Waals surface area contributed by atoms with E-state index in [2.05, 4.69) is 9.55 Å². The fourth-order valence-electron chi connectivity index (χ4n) is 2.40. The van der Waals surface area contributed by atoms with Gasteiger partial charge in [0.15, 0.2) is 0 Å². The van der Waals surface area contributed by atoms with Crippen LogP contribution in [0.4, 0.5) is 5.69 Å². The Labute approximate surface area is 102 Å². The average Bonchev–Trinajstić information content (AvgIpc) is 2.73. The van der Waals surface area contributed by atoms with Crippen molar-refractivity contribution in [2.75, 3.05) is 17.2 Å². The molecule has 3 rings (SSSR count). The molecule has 0 aliphatic carbocycles. The monoisotopic (exact) mass is 249 g/mol. The molecule has 1 saturated heterocycles. The predicted octanol–water partition coefficient (Wildman–Crippen LogP) is 1.70. The zero-order valence-corrected chi connectivity index (χ0v) is 10.3. The van der Waals surface area contributed by atoms with Gasteiger partial charge in [-0.25, -0.2) is 4.98 Å². The van der Waals surface area contributed by atoms with Crippen molar-refractivity contribution in [3.63, 3.8) is 0 Å². The summed E-state index contributed by atoms with van der Waals surface area (Å²) in [6, 6.07) is 6.25. The van der Waals surface area contributed by atoms with E-state index in [1.807, 2.05) is 24.5 Å². The highest BCUT2D eigenvalue weighted by molar-refractivity contribution is 7.85. The lowest BCUT2D eigenvalue weighted by Gasteiger charge is -2.23. The van der Waals surface area contributed by atoms with Crippen molar-refractivity contribution in [2.24, 2.45) is 0 Å². The molecule has 0 bridgehead atoms. The molecular formula is C12H15N3OS. The molecule has 0 unspecified atom stereocenters. The lowest BCUT2D eigenvalue weighted by Crippen LogP contribution is -2.21. The number of hydrogen-bond acceptors (Lipinski definition) is 3. The molecule has 2 heterocycles. The number of imidazole rings is 1. The number of anilines is 1. The van der Waals surface area contributed by atoms with Crippen molar-refractivity contribution in [1.82, 2.24) is 9.55 Å². The van der Waals surface area contributed by atoms with Crippen molar-refractivity contribution in [2.45, 2.75) is 18.9 Å². The van der Waals surface area contributed by atoms with Gasteiger partial charge in [0, 0.05) is 34.0 Å². The minimum atomic E-state index is -0.614. The summed E-state index contributed by atoms with van der Waals surface area (Å²) >= 11 is 0. The van der Waals surface area contributed by atoms with Crippen LogP contribution in [0.15, 0.2) is 24.5 Å². The fraction of sp³-hybridized carbons (Fsp3) is 0.417. The molecular weight excluding hydrogens is 234 g/mol. The molecule has 2 aromatic rings. The topological polar surface area (TPSA) is 60.9 Å². The molecule has 1 aromatic heterocycles. The lowest BCUT2D eigenvalue weighted by molar-refractivity contribution is 0.472. The van der Waals surface area contributed by atoms with E-state index in [1.165, 1.54) is 0 Å². The first kappa shape index (κ1) is 10.8. The highest BCUT2D eigenvalue weighted by Gasteiger charge is 2.20. The second-order valence-corrected chi connectivity index (χ2v) is 6.18. The van der Waals surface area contributed by atoms with Gasteiger partial charge < -0.3 is 10.3 Å². The maximum absolute atomic E-state index is 11.4. The Morgan fingerprint density at radius 3 is 2.88 bits per heavy atom. The Bertz CT molecular complexity index is 568. The molecule has 0 spiro atoms. The second-order valence-electron chi connectivity index (χ2n) is 4.48. The van der Waals surface area contributed by atoms with Crippen LogP contribution < -0.4 is 5.73 Å². The van der Waals surface area contributed by atoms with Crippen LogP contribution in [-0.2, 0) is 10.8 Å². The molecule has 0 radical (unpaired) electrons. The Balaban J connectivity index is 1.97. The van der Waals surface area contributed by atoms with Crippen LogP contribution in [0.2, 0.25) is 0 Å². The zero-order chi connectivity index (χ0) is 11.8. The molecule has 0 saturated carbocycles. The molecule has 5 heteroatoms. The van der Waals surface area contributed by atoms with E-state index in [4.69, 9.17) is 5.73 Å². The summed E-state index contributed by atoms with van der Waals surface area (Å²) in [5.74, 6) is 1.61. The molecule has 0 atom stereocenters. The SMILES string of the molecule is Nc1ccc2c(c1)ncn2C1CCS(=O)CC1. The molecule has 2 N–H and O–H groups in total. The molecule has 1 aliphatic heterocycles. The Hall–Kier alpha value is -1.36. The molecule has 1 fully saturated rings. The number of nitrogens with zero attached hydrogens (tertiary/aromatic N) is 2. The summed E-state index contributed by atoms with van der Waals surface area (Å²) in [5, 5.41) is 0. The van der Waals surface area contributed by atoms with Gasteiger partial charge in [-0.05, 0) is 31.0 Å². The lowest BCUT2D eigenvalue weighted by atomic mass is 10.1. The summed E-state index contributed by atoms with van der Waals surface area (Å²) in [7, 11) is -0.614. The van der Waals surface area contributed by atoms with Gasteiger partial charge in [-0.3, -0.25) is 4.21 Å². The quantitative estimate of drug-likeness (QED) is 0.782. The Kier molecular flexibility index (Phi) is 2.63. The van der Waals surface area contributed by atoms with E-state index >= 15 is 0 Å². The van der Waals surface area contributed by atoms with Crippen LogP contribution >= 0.6 is 0 Å². The van der Waals surface area contributed by atoms with E-state index in [0.717, 1.165) is 41.1 Å². The van der Waals surface area contributed by atoms with Gasteiger partial charge in [0.05, 0.1) is 17.4 Å². The summed E-state index contributed by atoms with van der Waals surface area (Å²) < 4.78 is 13.6. The standard InChI is InChI=1S/C12H15N3OS/c13-9-1-2-12-11(7-9)14-8-15(12)10-3-5-17(16)6-4-10/h1-2,7-8,10H,3-6,13H2. The fourth-order valence-corrected chi connectivity index (χ4v) is 3.67. The first-order chi connectivity index (χ1) is 8.24. The number of benzene rings is 1. The molecule has 17 heavy (non-hydrogen) atoms. The van der Waals surface area contributed by atoms with Crippen LogP contribution in [-0.4, -0.2) is 25.3 Å². The minimum Gasteiger partial charge on any atom is -0.399 e. The van der Waals surface area contributed by atoms with Gasteiger partial charge in [-0.15, -0.1) is 0 Å². The highest BCUT2D eigenvalue weighted by atomic mass is 32.2. The van der Waals surface area contributed by atoms with E-state index in [1.54, 1.807) is 0 Å². The van der Waals surface area contributed by atoms with E-state index in [9.17, 15) is 4.21 Å². The second kappa shape index (κ2) is 4.14. The minimum absolute atomic E-state index is 0.432. The maximum Gasteiger partial charge on any atom is 0.0960 e. The van der Waals surface area contributed by atoms with Crippen LogP contribution in [0.25, 0.3) is 11.0 Å². The summed E-state index contributed by atoms with van der Waals surface area (Å²) in [5.41, 5.74) is 8.55. The van der Waals surface area contributed by atoms with Crippen molar-refractivity contribution < 1.29 is 4.21 Å². The van der Waals surface area contributed by atoms with Crippen molar-refractivity contribution >= 4 is 27.5 Å². The average molecular weight is 249 g/mol. The van der Waals surface area contributed by atoms with Crippen LogP contribution in [0, 0.1) is 0 Å². The third-order valence-electron chi connectivity index (χ3n) is 3.35. The van der Waals surface area contributed by atoms with E-state index < -0.39 is 10.8 Å². The van der Waals surface area contributed by atoms with Gasteiger partial charge in [0.1, 0.15) is 0 Å². The van der Waals surface area contributed by atoms with Gasteiger partial charge in [0.2, 0.25) is 0 Å². The number of hydrogen-bond donors (Lipinski definition) is 1. The van der Waals surface area contributed by atoms with Crippen molar-refractivity contribution in [1.29, 1.82) is 0 Å². The molecule has 90 valence electrons. The first-order valence-electron chi connectivity index (χ1n) is 5.81. The highest BCUT2D eigenvalue weighted by Crippen LogP contribution is 2.27. The van der Waals surface area contributed by atoms with Crippen LogP contribution in [0.5, 0.6) is 0 Å². The summed E-state index contributed by atoms with van der Waals surface area (Å²) in [6.45, 7) is 0. The Morgan fingerprint density at radius 2 is 2.12 bits per heavy atom. The third kappa shape index (κ3) is 1.95. The summed E-state index contributed by atoms with van der Waals surface area (Å²) in [6.07, 6.45) is 3.83. The van der Waals surface area contributed by atoms with Crippen molar-refractivity contribution in [3.8, 4) is 0 Å². The van der Waals surface area contributed by atoms with Crippen LogP contribution in [0.3, 0.4) is 0 Å². The molecule has 1 aromatic carbocycles. The van der Waals surface area contributed by atoms with Gasteiger partial charge in [-0.2, -0.15) is 0 Å². The van der Waals surface area contributed by atoms with Crippen LogP contribution in [0.1, 0.15) is 18.9 Å². The zero-order valence-electron chi connectivity index (χ0n) is 9.50. The number of rotatable bonds is 1. The van der Waals surface area contributed by atoms with E-state index in [0.29, 0.717) is 6.04 Å². The molecule has 4 nitrogen and oxygen atoms in total.